The van der Waals surface area contributed by atoms with Crippen molar-refractivity contribution in [2.24, 2.45) is 5.73 Å². The van der Waals surface area contributed by atoms with Gasteiger partial charge in [0.15, 0.2) is 0 Å². The Labute approximate surface area is 203 Å². The molecule has 1 heterocycles. The van der Waals surface area contributed by atoms with Gasteiger partial charge in [0.2, 0.25) is 11.8 Å². The first-order valence-corrected chi connectivity index (χ1v) is 13.0. The van der Waals surface area contributed by atoms with E-state index in [1.54, 1.807) is 52.7 Å². The standard InChI is InChI=1S/C24H31N3O4S2/c25-24(31)22-3-1-2-12-27(22)23(30)17-26(13-15-32-20-8-4-18(28)5-9-20)14-16-33-21-10-6-19(29)7-11-21/h4-11,22,28-29H,1-3,12-17H2,(H2,25,31). The van der Waals surface area contributed by atoms with Crippen LogP contribution in [0.4, 0.5) is 0 Å². The highest BCUT2D eigenvalue weighted by Crippen LogP contribution is 2.23. The number of phenols is 2. The molecule has 0 radical (unpaired) electrons. The number of carbonyl (C=O) groups is 2. The van der Waals surface area contributed by atoms with E-state index in [2.05, 4.69) is 4.90 Å². The fourth-order valence-electron chi connectivity index (χ4n) is 3.75. The van der Waals surface area contributed by atoms with Gasteiger partial charge in [-0.2, -0.15) is 0 Å². The molecular formula is C24H31N3O4S2. The zero-order valence-corrected chi connectivity index (χ0v) is 20.2. The summed E-state index contributed by atoms with van der Waals surface area (Å²) in [5.41, 5.74) is 5.55. The van der Waals surface area contributed by atoms with E-state index in [0.717, 1.165) is 34.1 Å². The summed E-state index contributed by atoms with van der Waals surface area (Å²) in [5, 5.41) is 18.9. The smallest absolute Gasteiger partial charge is 0.240 e. The molecule has 9 heteroatoms. The quantitative estimate of drug-likeness (QED) is 0.416. The van der Waals surface area contributed by atoms with Crippen molar-refractivity contribution in [2.45, 2.75) is 35.1 Å². The number of nitrogens with zero attached hydrogens (tertiary/aromatic N) is 2. The fourth-order valence-corrected chi connectivity index (χ4v) is 5.58. The minimum atomic E-state index is -0.508. The van der Waals surface area contributed by atoms with Crippen LogP contribution in [0.2, 0.25) is 0 Å². The molecule has 0 aliphatic carbocycles. The van der Waals surface area contributed by atoms with Crippen LogP contribution in [-0.2, 0) is 9.59 Å². The number of benzene rings is 2. The maximum absolute atomic E-state index is 13.1. The van der Waals surface area contributed by atoms with Crippen molar-refractivity contribution >= 4 is 35.3 Å². The Morgan fingerprint density at radius 2 is 1.42 bits per heavy atom. The number of amides is 2. The second-order valence-electron chi connectivity index (χ2n) is 7.96. The number of rotatable bonds is 11. The minimum absolute atomic E-state index is 0.0530. The summed E-state index contributed by atoms with van der Waals surface area (Å²) < 4.78 is 0. The topological polar surface area (TPSA) is 107 Å². The summed E-state index contributed by atoms with van der Waals surface area (Å²) in [7, 11) is 0. The van der Waals surface area contributed by atoms with Crippen LogP contribution in [0.1, 0.15) is 19.3 Å². The Balaban J connectivity index is 1.57. The molecule has 2 aromatic rings. The van der Waals surface area contributed by atoms with Crippen molar-refractivity contribution < 1.29 is 19.8 Å². The average molecular weight is 490 g/mol. The summed E-state index contributed by atoms with van der Waals surface area (Å²) in [4.78, 5) is 30.8. The van der Waals surface area contributed by atoms with E-state index in [1.165, 1.54) is 0 Å². The fraction of sp³-hybridized carbons (Fsp3) is 0.417. The van der Waals surface area contributed by atoms with Gasteiger partial charge in [0.05, 0.1) is 6.54 Å². The van der Waals surface area contributed by atoms with Crippen molar-refractivity contribution in [1.29, 1.82) is 0 Å². The van der Waals surface area contributed by atoms with Crippen molar-refractivity contribution in [3.05, 3.63) is 48.5 Å². The number of likely N-dealkylation sites (tertiary alicyclic amines) is 1. The van der Waals surface area contributed by atoms with Crippen molar-refractivity contribution in [3.63, 3.8) is 0 Å². The van der Waals surface area contributed by atoms with Crippen molar-refractivity contribution in [1.82, 2.24) is 9.80 Å². The van der Waals surface area contributed by atoms with Gasteiger partial charge in [-0.05, 0) is 67.8 Å². The molecule has 1 aliphatic rings. The van der Waals surface area contributed by atoms with E-state index in [9.17, 15) is 19.8 Å². The van der Waals surface area contributed by atoms with Gasteiger partial charge in [-0.25, -0.2) is 0 Å². The Morgan fingerprint density at radius 3 is 1.91 bits per heavy atom. The number of hydrogen-bond acceptors (Lipinski definition) is 7. The van der Waals surface area contributed by atoms with Crippen LogP contribution in [0.5, 0.6) is 11.5 Å². The second-order valence-corrected chi connectivity index (χ2v) is 10.3. The molecule has 1 unspecified atom stereocenters. The van der Waals surface area contributed by atoms with Crippen LogP contribution < -0.4 is 5.73 Å². The molecule has 0 spiro atoms. The molecule has 1 saturated heterocycles. The van der Waals surface area contributed by atoms with Gasteiger partial charge in [0, 0.05) is 40.9 Å². The molecule has 0 bridgehead atoms. The second kappa shape index (κ2) is 12.8. The van der Waals surface area contributed by atoms with Crippen LogP contribution in [0, 0.1) is 0 Å². The molecule has 178 valence electrons. The maximum Gasteiger partial charge on any atom is 0.240 e. The average Bonchev–Trinajstić information content (AvgIpc) is 2.81. The number of primary amides is 1. The monoisotopic (exact) mass is 489 g/mol. The summed E-state index contributed by atoms with van der Waals surface area (Å²) in [6, 6.07) is 13.7. The molecule has 7 nitrogen and oxygen atoms in total. The summed E-state index contributed by atoms with van der Waals surface area (Å²) in [6.07, 6.45) is 2.44. The zero-order valence-electron chi connectivity index (χ0n) is 18.6. The molecule has 1 aliphatic heterocycles. The van der Waals surface area contributed by atoms with E-state index in [-0.39, 0.29) is 24.0 Å². The first kappa shape index (κ1) is 25.3. The van der Waals surface area contributed by atoms with E-state index < -0.39 is 11.9 Å². The third-order valence-corrected chi connectivity index (χ3v) is 7.52. The molecule has 1 fully saturated rings. The molecule has 2 amide bonds. The Morgan fingerprint density at radius 1 is 0.909 bits per heavy atom. The molecule has 33 heavy (non-hydrogen) atoms. The molecule has 0 saturated carbocycles. The van der Waals surface area contributed by atoms with Gasteiger partial charge in [0.1, 0.15) is 17.5 Å². The van der Waals surface area contributed by atoms with Crippen LogP contribution in [0.25, 0.3) is 0 Å². The summed E-state index contributed by atoms with van der Waals surface area (Å²) >= 11 is 3.34. The lowest BCUT2D eigenvalue weighted by Gasteiger charge is -2.35. The normalized spacial score (nSPS) is 16.2. The van der Waals surface area contributed by atoms with Crippen LogP contribution in [0.3, 0.4) is 0 Å². The minimum Gasteiger partial charge on any atom is -0.508 e. The highest BCUT2D eigenvalue weighted by molar-refractivity contribution is 7.99. The molecule has 3 rings (SSSR count). The lowest BCUT2D eigenvalue weighted by molar-refractivity contribution is -0.141. The number of hydrogen-bond donors (Lipinski definition) is 3. The van der Waals surface area contributed by atoms with Gasteiger partial charge in [-0.15, -0.1) is 23.5 Å². The highest BCUT2D eigenvalue weighted by atomic mass is 32.2. The van der Waals surface area contributed by atoms with E-state index in [1.807, 2.05) is 24.3 Å². The number of thioether (sulfide) groups is 2. The molecule has 2 aromatic carbocycles. The Hall–Kier alpha value is -2.36. The third-order valence-electron chi connectivity index (χ3n) is 5.54. The SMILES string of the molecule is NC(=O)C1CCCCN1C(=O)CN(CCSc1ccc(O)cc1)CCSc1ccc(O)cc1. The lowest BCUT2D eigenvalue weighted by Crippen LogP contribution is -2.53. The third kappa shape index (κ3) is 8.17. The largest absolute Gasteiger partial charge is 0.508 e. The first-order chi connectivity index (χ1) is 15.9. The number of aromatic hydroxyl groups is 2. The molecule has 4 N–H and O–H groups in total. The Bertz CT molecular complexity index is 857. The van der Waals surface area contributed by atoms with Gasteiger partial charge >= 0.3 is 0 Å². The van der Waals surface area contributed by atoms with Crippen LogP contribution in [-0.4, -0.2) is 75.6 Å². The van der Waals surface area contributed by atoms with Crippen LogP contribution >= 0.6 is 23.5 Å². The molecule has 0 aromatic heterocycles. The predicted molar refractivity (Wildman–Crippen MR) is 133 cm³/mol. The number of phenolic OH excluding ortho intramolecular Hbond substituents is 2. The zero-order chi connectivity index (χ0) is 23.6. The first-order valence-electron chi connectivity index (χ1n) is 11.1. The maximum atomic E-state index is 13.1. The number of carbonyl (C=O) groups excluding carboxylic acids is 2. The molecular weight excluding hydrogens is 458 g/mol. The number of piperidine rings is 1. The molecule has 1 atom stereocenters. The van der Waals surface area contributed by atoms with Gasteiger partial charge in [-0.1, -0.05) is 0 Å². The van der Waals surface area contributed by atoms with E-state index >= 15 is 0 Å². The Kier molecular flexibility index (Phi) is 9.77. The van der Waals surface area contributed by atoms with Crippen molar-refractivity contribution in [2.75, 3.05) is 37.7 Å². The van der Waals surface area contributed by atoms with Gasteiger partial charge < -0.3 is 20.8 Å². The van der Waals surface area contributed by atoms with E-state index in [0.29, 0.717) is 26.1 Å². The summed E-state index contributed by atoms with van der Waals surface area (Å²) in [5.74, 6) is 1.58. The van der Waals surface area contributed by atoms with Crippen molar-refractivity contribution in [3.8, 4) is 11.5 Å². The highest BCUT2D eigenvalue weighted by Gasteiger charge is 2.31. The van der Waals surface area contributed by atoms with Gasteiger partial charge in [-0.3, -0.25) is 14.5 Å². The number of nitrogens with two attached hydrogens (primary N) is 1. The lowest BCUT2D eigenvalue weighted by atomic mass is 10.0. The van der Waals surface area contributed by atoms with Gasteiger partial charge in [0.25, 0.3) is 0 Å². The predicted octanol–water partition coefficient (Wildman–Crippen LogP) is 3.15. The van der Waals surface area contributed by atoms with Crippen LogP contribution in [0.15, 0.2) is 58.3 Å². The summed E-state index contributed by atoms with van der Waals surface area (Å²) in [6.45, 7) is 2.24. The van der Waals surface area contributed by atoms with E-state index in [4.69, 9.17) is 5.73 Å².